The monoisotopic (exact) mass is 531 g/mol. The van der Waals surface area contributed by atoms with Crippen molar-refractivity contribution >= 4 is 46.5 Å². The summed E-state index contributed by atoms with van der Waals surface area (Å²) in [5.74, 6) is -1.31. The summed E-state index contributed by atoms with van der Waals surface area (Å²) in [6, 6.07) is 17.6. The average molecular weight is 532 g/mol. The summed E-state index contributed by atoms with van der Waals surface area (Å²) in [6.07, 6.45) is 0.834. The van der Waals surface area contributed by atoms with Gasteiger partial charge in [0, 0.05) is 21.7 Å². The largest absolute Gasteiger partial charge is 0.325 e. The third kappa shape index (κ3) is 3.47. The van der Waals surface area contributed by atoms with Gasteiger partial charge in [-0.2, -0.15) is 0 Å². The standard InChI is InChI=1S/C28H25N3O4S2/c1-13-6-5-9-15(10-13)29-18(32)12-31-26(33)21-16-11-17(22(21)27(31)34)23-20(16)19(14-7-3-2-4-8-14)24-25(36-23)30-28(35)37-24/h2-10,16-17,19-23H,11-12H2,1H3,(H,29,32)(H,30,35). The Labute approximate surface area is 221 Å². The first-order chi connectivity index (χ1) is 17.9. The number of likely N-dealkylation sites (tertiary alicyclic amines) is 1. The minimum absolute atomic E-state index is 0.0175. The van der Waals surface area contributed by atoms with E-state index in [-0.39, 0.29) is 64.0 Å². The molecule has 188 valence electrons. The van der Waals surface area contributed by atoms with Gasteiger partial charge in [0.25, 0.3) is 0 Å². The number of benzene rings is 2. The molecular weight excluding hydrogens is 506 g/mol. The molecule has 2 aromatic carbocycles. The maximum Gasteiger partial charge on any atom is 0.305 e. The first-order valence-electron chi connectivity index (χ1n) is 12.6. The number of imide groups is 1. The van der Waals surface area contributed by atoms with E-state index in [1.807, 2.05) is 43.3 Å². The number of carbonyl (C=O) groups excluding carboxylic acids is 3. The zero-order chi connectivity index (χ0) is 25.4. The molecule has 3 fully saturated rings. The van der Waals surface area contributed by atoms with Crippen LogP contribution >= 0.6 is 23.1 Å². The van der Waals surface area contributed by atoms with Gasteiger partial charge in [-0.1, -0.05) is 53.8 Å². The summed E-state index contributed by atoms with van der Waals surface area (Å²) in [7, 11) is 0. The van der Waals surface area contributed by atoms with Crippen LogP contribution in [0, 0.1) is 36.5 Å². The Bertz CT molecular complexity index is 1500. The molecule has 1 aromatic heterocycles. The minimum Gasteiger partial charge on any atom is -0.325 e. The van der Waals surface area contributed by atoms with Crippen LogP contribution < -0.4 is 10.2 Å². The number of aromatic nitrogens is 1. The smallest absolute Gasteiger partial charge is 0.305 e. The lowest BCUT2D eigenvalue weighted by Crippen LogP contribution is -2.42. The van der Waals surface area contributed by atoms with Crippen molar-refractivity contribution < 1.29 is 14.4 Å². The minimum atomic E-state index is -0.394. The van der Waals surface area contributed by atoms with Gasteiger partial charge in [0.2, 0.25) is 17.7 Å². The molecule has 7 atom stereocenters. The number of aromatic amines is 1. The van der Waals surface area contributed by atoms with E-state index in [1.165, 1.54) is 16.2 Å². The molecule has 0 radical (unpaired) electrons. The molecule has 37 heavy (non-hydrogen) atoms. The highest BCUT2D eigenvalue weighted by molar-refractivity contribution is 8.00. The lowest BCUT2D eigenvalue weighted by molar-refractivity contribution is -0.143. The van der Waals surface area contributed by atoms with Crippen molar-refractivity contribution in [2.45, 2.75) is 29.5 Å². The zero-order valence-corrected chi connectivity index (χ0v) is 21.7. The lowest BCUT2D eigenvalue weighted by Gasteiger charge is -2.43. The number of carbonyl (C=O) groups is 3. The fraction of sp³-hybridized carbons (Fsp3) is 0.357. The number of anilines is 1. The number of nitrogens with one attached hydrogen (secondary N) is 2. The highest BCUT2D eigenvalue weighted by Crippen LogP contribution is 2.68. The van der Waals surface area contributed by atoms with Gasteiger partial charge in [0.05, 0.1) is 16.9 Å². The van der Waals surface area contributed by atoms with E-state index >= 15 is 0 Å². The van der Waals surface area contributed by atoms with Gasteiger partial charge >= 0.3 is 4.87 Å². The first kappa shape index (κ1) is 23.0. The van der Waals surface area contributed by atoms with E-state index in [2.05, 4.69) is 22.4 Å². The SMILES string of the molecule is Cc1cccc(NC(=O)CN2C(=O)C3C4CC(C3C2=O)C2C(c3ccccc3)c3sc(=O)[nH]c3SC42)c1. The second-order valence-electron chi connectivity index (χ2n) is 10.6. The van der Waals surface area contributed by atoms with Crippen LogP contribution in [-0.2, 0) is 14.4 Å². The summed E-state index contributed by atoms with van der Waals surface area (Å²) < 4.78 is 0. The number of fused-ring (bicyclic) bond motifs is 9. The molecule has 3 aromatic rings. The van der Waals surface area contributed by atoms with Crippen molar-refractivity contribution in [1.29, 1.82) is 0 Å². The summed E-state index contributed by atoms with van der Waals surface area (Å²) in [5, 5.41) is 3.87. The number of nitrogens with zero attached hydrogens (tertiary/aromatic N) is 1. The quantitative estimate of drug-likeness (QED) is 0.498. The van der Waals surface area contributed by atoms with Gasteiger partial charge in [-0.15, -0.1) is 11.8 Å². The highest BCUT2D eigenvalue weighted by atomic mass is 32.2. The van der Waals surface area contributed by atoms with E-state index < -0.39 is 5.92 Å². The van der Waals surface area contributed by atoms with Gasteiger partial charge in [0.15, 0.2) is 0 Å². The molecule has 0 spiro atoms. The van der Waals surface area contributed by atoms with Crippen molar-refractivity contribution in [2.24, 2.45) is 29.6 Å². The fourth-order valence-electron chi connectivity index (χ4n) is 7.33. The van der Waals surface area contributed by atoms with Gasteiger partial charge in [-0.05, 0) is 54.4 Å². The predicted molar refractivity (Wildman–Crippen MR) is 141 cm³/mol. The van der Waals surface area contributed by atoms with Crippen molar-refractivity contribution in [2.75, 3.05) is 11.9 Å². The van der Waals surface area contributed by atoms with Crippen LogP contribution in [0.4, 0.5) is 5.69 Å². The van der Waals surface area contributed by atoms with Gasteiger partial charge in [0.1, 0.15) is 6.54 Å². The van der Waals surface area contributed by atoms with Crippen molar-refractivity contribution in [3.05, 3.63) is 80.3 Å². The molecule has 2 N–H and O–H groups in total. The Hall–Kier alpha value is -3.17. The maximum atomic E-state index is 13.7. The Morgan fingerprint density at radius 3 is 2.54 bits per heavy atom. The molecule has 3 amide bonds. The molecule has 9 heteroatoms. The molecule has 2 bridgehead atoms. The summed E-state index contributed by atoms with van der Waals surface area (Å²) in [6.45, 7) is 1.68. The third-order valence-corrected chi connectivity index (χ3v) is 11.2. The number of aryl methyl sites for hydroxylation is 1. The first-order valence-corrected chi connectivity index (χ1v) is 14.3. The van der Waals surface area contributed by atoms with E-state index in [0.717, 1.165) is 27.5 Å². The molecule has 7 nitrogen and oxygen atoms in total. The van der Waals surface area contributed by atoms with Crippen molar-refractivity contribution in [3.63, 3.8) is 0 Å². The van der Waals surface area contributed by atoms with Crippen LogP contribution in [0.25, 0.3) is 0 Å². The number of hydrogen-bond donors (Lipinski definition) is 2. The van der Waals surface area contributed by atoms with Crippen LogP contribution in [0.3, 0.4) is 0 Å². The summed E-state index contributed by atoms with van der Waals surface area (Å²) >= 11 is 2.93. The lowest BCUT2D eigenvalue weighted by atomic mass is 9.68. The summed E-state index contributed by atoms with van der Waals surface area (Å²) in [5.41, 5.74) is 2.81. The molecular formula is C28H25N3O4S2. The van der Waals surface area contributed by atoms with Crippen LogP contribution in [0.2, 0.25) is 0 Å². The Balaban J connectivity index is 1.19. The van der Waals surface area contributed by atoms with E-state index in [1.54, 1.807) is 17.8 Å². The number of thiazole rings is 1. The number of H-pyrrole nitrogens is 1. The molecule has 3 heterocycles. The molecule has 2 aliphatic carbocycles. The molecule has 7 rings (SSSR count). The second-order valence-corrected chi connectivity index (χ2v) is 12.8. The van der Waals surface area contributed by atoms with Crippen LogP contribution in [0.1, 0.15) is 28.3 Å². The van der Waals surface area contributed by atoms with E-state index in [0.29, 0.717) is 5.69 Å². The predicted octanol–water partition coefficient (Wildman–Crippen LogP) is 3.86. The zero-order valence-electron chi connectivity index (χ0n) is 20.0. The number of amides is 3. The Morgan fingerprint density at radius 1 is 1.03 bits per heavy atom. The second kappa shape index (κ2) is 8.43. The normalized spacial score (nSPS) is 31.3. The molecule has 2 aliphatic heterocycles. The maximum absolute atomic E-state index is 13.7. The number of hydrogen-bond acceptors (Lipinski definition) is 6. The van der Waals surface area contributed by atoms with Crippen LogP contribution in [-0.4, -0.2) is 39.4 Å². The number of thioether (sulfide) groups is 1. The summed E-state index contributed by atoms with van der Waals surface area (Å²) in [4.78, 5) is 57.5. The third-order valence-electron chi connectivity index (χ3n) is 8.58. The van der Waals surface area contributed by atoms with Crippen LogP contribution in [0.5, 0.6) is 0 Å². The van der Waals surface area contributed by atoms with E-state index in [9.17, 15) is 19.2 Å². The van der Waals surface area contributed by atoms with E-state index in [4.69, 9.17) is 0 Å². The Kier molecular flexibility index (Phi) is 5.23. The van der Waals surface area contributed by atoms with Crippen molar-refractivity contribution in [1.82, 2.24) is 9.88 Å². The highest BCUT2D eigenvalue weighted by Gasteiger charge is 2.69. The molecule has 4 aliphatic rings. The van der Waals surface area contributed by atoms with Gasteiger partial charge in [-0.25, -0.2) is 0 Å². The van der Waals surface area contributed by atoms with Gasteiger partial charge in [-0.3, -0.25) is 24.1 Å². The molecule has 1 saturated heterocycles. The van der Waals surface area contributed by atoms with Gasteiger partial charge < -0.3 is 10.3 Å². The fourth-order valence-corrected chi connectivity index (χ4v) is 10.2. The Morgan fingerprint density at radius 2 is 1.78 bits per heavy atom. The topological polar surface area (TPSA) is 99.3 Å². The molecule has 7 unspecified atom stereocenters. The van der Waals surface area contributed by atoms with Crippen LogP contribution in [0.15, 0.2) is 64.4 Å². The van der Waals surface area contributed by atoms with Crippen molar-refractivity contribution in [3.8, 4) is 0 Å². The molecule has 2 saturated carbocycles. The average Bonchev–Trinajstić information content (AvgIpc) is 3.60. The number of rotatable bonds is 4.